The number of hydrogen-bond donors (Lipinski definition) is 2. The number of aliphatic hydroxyl groups excluding tert-OH is 1. The van der Waals surface area contributed by atoms with E-state index in [0.29, 0.717) is 16.5 Å². The number of carbonyl (C=O) groups excluding carboxylic acids is 1. The molecule has 122 valence electrons. The number of likely N-dealkylation sites (N-methyl/N-ethyl adjacent to an activating group) is 1. The summed E-state index contributed by atoms with van der Waals surface area (Å²) in [5, 5.41) is 13.4. The highest BCUT2D eigenvalue weighted by atomic mass is 35.5. The summed E-state index contributed by atoms with van der Waals surface area (Å²) in [6.07, 6.45) is 3.52. The van der Waals surface area contributed by atoms with E-state index in [1.54, 1.807) is 25.3 Å². The van der Waals surface area contributed by atoms with E-state index < -0.39 is 0 Å². The van der Waals surface area contributed by atoms with Gasteiger partial charge in [-0.25, -0.2) is 0 Å². The Balaban J connectivity index is 1.96. The van der Waals surface area contributed by atoms with Crippen LogP contribution >= 0.6 is 11.6 Å². The summed E-state index contributed by atoms with van der Waals surface area (Å²) >= 11 is 5.95. The Labute approximate surface area is 136 Å². The maximum absolute atomic E-state index is 12.2. The minimum Gasteiger partial charge on any atom is -0.495 e. The van der Waals surface area contributed by atoms with Crippen molar-refractivity contribution in [2.45, 2.75) is 37.8 Å². The Hall–Kier alpha value is -1.30. The Morgan fingerprint density at radius 3 is 2.86 bits per heavy atom. The van der Waals surface area contributed by atoms with Gasteiger partial charge in [0, 0.05) is 11.1 Å². The number of ether oxygens (including phenoxy) is 1. The largest absolute Gasteiger partial charge is 0.495 e. The van der Waals surface area contributed by atoms with Gasteiger partial charge in [0.25, 0.3) is 0 Å². The van der Waals surface area contributed by atoms with Crippen molar-refractivity contribution in [3.63, 3.8) is 0 Å². The molecule has 0 aromatic heterocycles. The van der Waals surface area contributed by atoms with E-state index >= 15 is 0 Å². The van der Waals surface area contributed by atoms with Crippen molar-refractivity contribution in [2.75, 3.05) is 26.0 Å². The van der Waals surface area contributed by atoms with Crippen LogP contribution in [-0.4, -0.2) is 48.8 Å². The van der Waals surface area contributed by atoms with Crippen molar-refractivity contribution in [1.29, 1.82) is 0 Å². The van der Waals surface area contributed by atoms with Gasteiger partial charge in [0.15, 0.2) is 0 Å². The standard InChI is InChI=1S/C16H23ClN2O3/c1-19(13-5-3-4-6-14(13)20)10-16(21)18-12-9-11(17)7-8-15(12)22-2/h7-9,13-14,20H,3-6,10H2,1-2H3,(H,18,21). The third-order valence-electron chi connectivity index (χ3n) is 4.09. The van der Waals surface area contributed by atoms with Crippen molar-refractivity contribution < 1.29 is 14.6 Å². The molecule has 1 aliphatic rings. The van der Waals surface area contributed by atoms with E-state index in [9.17, 15) is 9.90 Å². The van der Waals surface area contributed by atoms with E-state index in [1.165, 1.54) is 0 Å². The lowest BCUT2D eigenvalue weighted by Gasteiger charge is -2.34. The number of rotatable bonds is 5. The van der Waals surface area contributed by atoms with Gasteiger partial charge in [0.2, 0.25) is 5.91 Å². The number of benzene rings is 1. The van der Waals surface area contributed by atoms with E-state index in [-0.39, 0.29) is 24.6 Å². The molecule has 1 aliphatic carbocycles. The van der Waals surface area contributed by atoms with Gasteiger partial charge in [0.1, 0.15) is 5.75 Å². The molecule has 2 rings (SSSR count). The number of nitrogens with zero attached hydrogens (tertiary/aromatic N) is 1. The summed E-state index contributed by atoms with van der Waals surface area (Å²) in [5.41, 5.74) is 0.553. The third kappa shape index (κ3) is 4.35. The molecular weight excluding hydrogens is 304 g/mol. The molecule has 1 saturated carbocycles. The average molecular weight is 327 g/mol. The summed E-state index contributed by atoms with van der Waals surface area (Å²) in [4.78, 5) is 14.1. The molecule has 2 atom stereocenters. The first-order valence-corrected chi connectivity index (χ1v) is 7.90. The Bertz CT molecular complexity index is 524. The maximum atomic E-state index is 12.2. The molecule has 6 heteroatoms. The fourth-order valence-corrected chi connectivity index (χ4v) is 3.09. The van der Waals surface area contributed by atoms with Crippen LogP contribution in [0.5, 0.6) is 5.75 Å². The van der Waals surface area contributed by atoms with E-state index in [0.717, 1.165) is 25.7 Å². The van der Waals surface area contributed by atoms with Gasteiger partial charge >= 0.3 is 0 Å². The highest BCUT2D eigenvalue weighted by molar-refractivity contribution is 6.31. The molecule has 5 nitrogen and oxygen atoms in total. The van der Waals surface area contributed by atoms with Crippen molar-refractivity contribution in [3.8, 4) is 5.75 Å². The lowest BCUT2D eigenvalue weighted by Crippen LogP contribution is -2.46. The average Bonchev–Trinajstić information content (AvgIpc) is 2.47. The molecule has 2 unspecified atom stereocenters. The molecule has 1 aromatic carbocycles. The molecule has 0 spiro atoms. The van der Waals surface area contributed by atoms with Gasteiger partial charge in [-0.05, 0) is 38.1 Å². The predicted octanol–water partition coefficient (Wildman–Crippen LogP) is 2.52. The second-order valence-corrected chi connectivity index (χ2v) is 6.16. The minimum atomic E-state index is -0.354. The number of aliphatic hydroxyl groups is 1. The fourth-order valence-electron chi connectivity index (χ4n) is 2.92. The van der Waals surface area contributed by atoms with Gasteiger partial charge in [-0.1, -0.05) is 24.4 Å². The first-order valence-electron chi connectivity index (χ1n) is 7.53. The van der Waals surface area contributed by atoms with Crippen molar-refractivity contribution in [3.05, 3.63) is 23.2 Å². The number of hydrogen-bond acceptors (Lipinski definition) is 4. The maximum Gasteiger partial charge on any atom is 0.238 e. The molecular formula is C16H23ClN2O3. The van der Waals surface area contributed by atoms with Gasteiger partial charge in [-0.2, -0.15) is 0 Å². The van der Waals surface area contributed by atoms with Crippen LogP contribution in [0.4, 0.5) is 5.69 Å². The second-order valence-electron chi connectivity index (χ2n) is 5.73. The van der Waals surface area contributed by atoms with Crippen LogP contribution in [0.1, 0.15) is 25.7 Å². The van der Waals surface area contributed by atoms with E-state index in [2.05, 4.69) is 5.32 Å². The molecule has 1 aromatic rings. The minimum absolute atomic E-state index is 0.0424. The molecule has 0 radical (unpaired) electrons. The zero-order valence-corrected chi connectivity index (χ0v) is 13.8. The summed E-state index contributed by atoms with van der Waals surface area (Å²) in [5.74, 6) is 0.416. The van der Waals surface area contributed by atoms with Gasteiger partial charge in [0.05, 0.1) is 25.4 Å². The summed E-state index contributed by atoms with van der Waals surface area (Å²) in [6, 6.07) is 5.13. The fraction of sp³-hybridized carbons (Fsp3) is 0.562. The zero-order chi connectivity index (χ0) is 16.1. The van der Waals surface area contributed by atoms with Crippen LogP contribution in [0, 0.1) is 0 Å². The van der Waals surface area contributed by atoms with Crippen LogP contribution in [-0.2, 0) is 4.79 Å². The molecule has 0 heterocycles. The number of amides is 1. The lowest BCUT2D eigenvalue weighted by molar-refractivity contribution is -0.118. The molecule has 0 bridgehead atoms. The van der Waals surface area contributed by atoms with Crippen LogP contribution in [0.25, 0.3) is 0 Å². The number of anilines is 1. The molecule has 0 aliphatic heterocycles. The molecule has 22 heavy (non-hydrogen) atoms. The smallest absolute Gasteiger partial charge is 0.238 e. The highest BCUT2D eigenvalue weighted by Gasteiger charge is 2.27. The lowest BCUT2D eigenvalue weighted by atomic mass is 9.91. The zero-order valence-electron chi connectivity index (χ0n) is 13.0. The monoisotopic (exact) mass is 326 g/mol. The second kappa shape index (κ2) is 7.81. The highest BCUT2D eigenvalue weighted by Crippen LogP contribution is 2.28. The van der Waals surface area contributed by atoms with Crippen molar-refractivity contribution in [2.24, 2.45) is 0 Å². The molecule has 2 N–H and O–H groups in total. The van der Waals surface area contributed by atoms with E-state index in [4.69, 9.17) is 16.3 Å². The SMILES string of the molecule is COc1ccc(Cl)cc1NC(=O)CN(C)C1CCCCC1O. The molecule has 1 amide bonds. The molecule has 0 saturated heterocycles. The van der Waals surface area contributed by atoms with Crippen molar-refractivity contribution in [1.82, 2.24) is 4.90 Å². The summed E-state index contributed by atoms with van der Waals surface area (Å²) < 4.78 is 5.21. The first kappa shape index (κ1) is 17.1. The number of carbonyl (C=O) groups is 1. The van der Waals surface area contributed by atoms with Crippen LogP contribution in [0.15, 0.2) is 18.2 Å². The Morgan fingerprint density at radius 2 is 2.18 bits per heavy atom. The number of nitrogens with one attached hydrogen (secondary N) is 1. The van der Waals surface area contributed by atoms with Gasteiger partial charge < -0.3 is 15.2 Å². The first-order chi connectivity index (χ1) is 10.5. The van der Waals surface area contributed by atoms with Crippen molar-refractivity contribution >= 4 is 23.2 Å². The predicted molar refractivity (Wildman–Crippen MR) is 87.5 cm³/mol. The van der Waals surface area contributed by atoms with E-state index in [1.807, 2.05) is 11.9 Å². The normalized spacial score (nSPS) is 21.7. The van der Waals surface area contributed by atoms with Crippen LogP contribution in [0.3, 0.4) is 0 Å². The number of halogens is 1. The number of methoxy groups -OCH3 is 1. The Morgan fingerprint density at radius 1 is 1.45 bits per heavy atom. The summed E-state index contributed by atoms with van der Waals surface area (Å²) in [7, 11) is 3.41. The van der Waals surface area contributed by atoms with Crippen LogP contribution < -0.4 is 10.1 Å². The van der Waals surface area contributed by atoms with Gasteiger partial charge in [-0.3, -0.25) is 9.69 Å². The quantitative estimate of drug-likeness (QED) is 0.873. The van der Waals surface area contributed by atoms with Crippen LogP contribution in [0.2, 0.25) is 5.02 Å². The molecule has 1 fully saturated rings. The Kier molecular flexibility index (Phi) is 6.06. The third-order valence-corrected chi connectivity index (χ3v) is 4.32. The topological polar surface area (TPSA) is 61.8 Å². The summed E-state index contributed by atoms with van der Waals surface area (Å²) in [6.45, 7) is 0.220. The van der Waals surface area contributed by atoms with Gasteiger partial charge in [-0.15, -0.1) is 0 Å².